The number of nitrogens with one attached hydrogen (secondary N) is 2. The zero-order valence-corrected chi connectivity index (χ0v) is 21.8. The predicted molar refractivity (Wildman–Crippen MR) is 143 cm³/mol. The highest BCUT2D eigenvalue weighted by atomic mass is 79.9. The lowest BCUT2D eigenvalue weighted by atomic mass is 10.0. The Morgan fingerprint density at radius 1 is 1.03 bits per heavy atom. The van der Waals surface area contributed by atoms with Crippen LogP contribution in [0.4, 0.5) is 0 Å². The lowest BCUT2D eigenvalue weighted by Crippen LogP contribution is -2.46. The van der Waals surface area contributed by atoms with Crippen LogP contribution in [0.2, 0.25) is 5.02 Å². The summed E-state index contributed by atoms with van der Waals surface area (Å²) in [4.78, 5) is 25.4. The van der Waals surface area contributed by atoms with Gasteiger partial charge in [0.25, 0.3) is 11.8 Å². The number of hydrogen-bond donors (Lipinski definition) is 2. The minimum atomic E-state index is -0.737. The minimum Gasteiger partial charge on any atom is -0.488 e. The Labute approximate surface area is 218 Å². The lowest BCUT2D eigenvalue weighted by Gasteiger charge is -2.19. The summed E-state index contributed by atoms with van der Waals surface area (Å²) >= 11 is 9.32. The van der Waals surface area contributed by atoms with Crippen LogP contribution in [-0.2, 0) is 11.4 Å². The second-order valence-electron chi connectivity index (χ2n) is 8.35. The highest BCUT2D eigenvalue weighted by molar-refractivity contribution is 9.10. The van der Waals surface area contributed by atoms with Crippen molar-refractivity contribution >= 4 is 45.6 Å². The number of ether oxygens (including phenoxy) is 1. The second-order valence-corrected chi connectivity index (χ2v) is 9.70. The van der Waals surface area contributed by atoms with E-state index in [4.69, 9.17) is 16.3 Å². The van der Waals surface area contributed by atoms with Crippen molar-refractivity contribution in [3.05, 3.63) is 99.0 Å². The lowest BCUT2D eigenvalue weighted by molar-refractivity contribution is -0.123. The maximum atomic E-state index is 12.8. The summed E-state index contributed by atoms with van der Waals surface area (Å²) in [7, 11) is 0. The first kappa shape index (κ1) is 26.4. The Balaban J connectivity index is 1.63. The van der Waals surface area contributed by atoms with E-state index in [-0.39, 0.29) is 11.8 Å². The van der Waals surface area contributed by atoms with Crippen molar-refractivity contribution in [2.24, 2.45) is 11.0 Å². The molecule has 3 rings (SSSR count). The van der Waals surface area contributed by atoms with Crippen LogP contribution in [0.1, 0.15) is 41.8 Å². The van der Waals surface area contributed by atoms with Crippen molar-refractivity contribution < 1.29 is 14.3 Å². The van der Waals surface area contributed by atoms with E-state index in [1.165, 1.54) is 6.21 Å². The third-order valence-electron chi connectivity index (χ3n) is 5.04. The molecule has 0 heterocycles. The molecule has 2 amide bonds. The molecule has 8 heteroatoms. The number of amides is 2. The SMILES string of the molecule is CC(C)CC(NC(=O)c1ccc(Cl)cc1)C(=O)NN=Cc1ccccc1OCc1ccc(Br)cc1. The molecular weight excluding hydrogens is 530 g/mol. The van der Waals surface area contributed by atoms with Crippen molar-refractivity contribution in [2.45, 2.75) is 32.9 Å². The number of para-hydroxylation sites is 1. The van der Waals surface area contributed by atoms with Gasteiger partial charge in [0.05, 0.1) is 6.21 Å². The van der Waals surface area contributed by atoms with Crippen LogP contribution in [0.5, 0.6) is 5.75 Å². The summed E-state index contributed by atoms with van der Waals surface area (Å²) in [5.74, 6) is 0.0832. The van der Waals surface area contributed by atoms with E-state index in [2.05, 4.69) is 31.8 Å². The summed E-state index contributed by atoms with van der Waals surface area (Å²) in [5, 5.41) is 7.44. The molecule has 0 bridgehead atoms. The molecule has 182 valence electrons. The van der Waals surface area contributed by atoms with Crippen molar-refractivity contribution in [1.29, 1.82) is 0 Å². The molecule has 0 aliphatic heterocycles. The second kappa shape index (κ2) is 13.1. The molecular formula is C27H27BrClN3O3. The Morgan fingerprint density at radius 3 is 2.40 bits per heavy atom. The van der Waals surface area contributed by atoms with Crippen LogP contribution in [0.3, 0.4) is 0 Å². The number of hydrazone groups is 1. The van der Waals surface area contributed by atoms with Gasteiger partial charge in [-0.2, -0.15) is 5.10 Å². The summed E-state index contributed by atoms with van der Waals surface area (Å²) in [6.07, 6.45) is 2.00. The Hall–Kier alpha value is -3.16. The molecule has 3 aromatic rings. The molecule has 0 aliphatic carbocycles. The van der Waals surface area contributed by atoms with Crippen molar-refractivity contribution in [3.63, 3.8) is 0 Å². The Morgan fingerprint density at radius 2 is 1.71 bits per heavy atom. The van der Waals surface area contributed by atoms with Crippen LogP contribution in [-0.4, -0.2) is 24.1 Å². The number of halogens is 2. The molecule has 6 nitrogen and oxygen atoms in total. The maximum absolute atomic E-state index is 12.8. The fraction of sp³-hybridized carbons (Fsp3) is 0.222. The van der Waals surface area contributed by atoms with Gasteiger partial charge in [-0.3, -0.25) is 9.59 Å². The number of carbonyl (C=O) groups excluding carboxylic acids is 2. The van der Waals surface area contributed by atoms with Crippen molar-refractivity contribution in [1.82, 2.24) is 10.7 Å². The molecule has 1 atom stereocenters. The fourth-order valence-electron chi connectivity index (χ4n) is 3.25. The van der Waals surface area contributed by atoms with Gasteiger partial charge in [0.15, 0.2) is 0 Å². The minimum absolute atomic E-state index is 0.188. The Bertz CT molecular complexity index is 1170. The normalized spacial score (nSPS) is 11.9. The first-order valence-electron chi connectivity index (χ1n) is 11.2. The number of hydrogen-bond acceptors (Lipinski definition) is 4. The van der Waals surface area contributed by atoms with Gasteiger partial charge in [0.1, 0.15) is 18.4 Å². The third-order valence-corrected chi connectivity index (χ3v) is 5.82. The van der Waals surface area contributed by atoms with Gasteiger partial charge in [0.2, 0.25) is 0 Å². The number of benzene rings is 3. The van der Waals surface area contributed by atoms with Gasteiger partial charge in [0, 0.05) is 20.6 Å². The largest absolute Gasteiger partial charge is 0.488 e. The van der Waals surface area contributed by atoms with E-state index in [0.717, 1.165) is 15.6 Å². The van der Waals surface area contributed by atoms with E-state index in [1.54, 1.807) is 24.3 Å². The smallest absolute Gasteiger partial charge is 0.262 e. The zero-order valence-electron chi connectivity index (χ0n) is 19.5. The molecule has 0 radical (unpaired) electrons. The number of carbonyl (C=O) groups is 2. The molecule has 2 N–H and O–H groups in total. The first-order chi connectivity index (χ1) is 16.8. The van der Waals surface area contributed by atoms with Crippen LogP contribution in [0, 0.1) is 5.92 Å². The van der Waals surface area contributed by atoms with Gasteiger partial charge in [-0.25, -0.2) is 5.43 Å². The van der Waals surface area contributed by atoms with Gasteiger partial charge in [-0.15, -0.1) is 0 Å². The molecule has 1 unspecified atom stereocenters. The maximum Gasteiger partial charge on any atom is 0.262 e. The topological polar surface area (TPSA) is 79.8 Å². The van der Waals surface area contributed by atoms with Crippen LogP contribution in [0.15, 0.2) is 82.4 Å². The fourth-order valence-corrected chi connectivity index (χ4v) is 3.64. The van der Waals surface area contributed by atoms with Gasteiger partial charge < -0.3 is 10.1 Å². The average Bonchev–Trinajstić information content (AvgIpc) is 2.84. The Kier molecular flexibility index (Phi) is 9.87. The summed E-state index contributed by atoms with van der Waals surface area (Å²) < 4.78 is 6.95. The predicted octanol–water partition coefficient (Wildman–Crippen LogP) is 5.98. The number of nitrogens with zero attached hydrogens (tertiary/aromatic N) is 1. The van der Waals surface area contributed by atoms with Crippen molar-refractivity contribution in [3.8, 4) is 5.75 Å². The third kappa shape index (κ3) is 8.53. The molecule has 0 aromatic heterocycles. The molecule has 0 spiro atoms. The molecule has 0 saturated carbocycles. The average molecular weight is 557 g/mol. The monoisotopic (exact) mass is 555 g/mol. The van der Waals surface area contributed by atoms with Crippen LogP contribution in [0.25, 0.3) is 0 Å². The van der Waals surface area contributed by atoms with E-state index in [9.17, 15) is 9.59 Å². The zero-order chi connectivity index (χ0) is 25.2. The molecule has 0 saturated heterocycles. The standard InChI is InChI=1S/C27H27BrClN3O3/c1-18(2)15-24(31-26(33)20-9-13-23(29)14-10-20)27(34)32-30-16-21-5-3-4-6-25(21)35-17-19-7-11-22(28)12-8-19/h3-14,16,18,24H,15,17H2,1-2H3,(H,31,33)(H,32,34). The summed E-state index contributed by atoms with van der Waals surface area (Å²) in [5.41, 5.74) is 4.72. The summed E-state index contributed by atoms with van der Waals surface area (Å²) in [6, 6.07) is 21.1. The van der Waals surface area contributed by atoms with Crippen molar-refractivity contribution in [2.75, 3.05) is 0 Å². The number of rotatable bonds is 10. The first-order valence-corrected chi connectivity index (χ1v) is 12.3. The molecule has 0 fully saturated rings. The van der Waals surface area contributed by atoms with Gasteiger partial charge in [-0.1, -0.05) is 65.6 Å². The van der Waals surface area contributed by atoms with Gasteiger partial charge >= 0.3 is 0 Å². The van der Waals surface area contributed by atoms with Gasteiger partial charge in [-0.05, 0) is 66.4 Å². The molecule has 0 aliphatic rings. The van der Waals surface area contributed by atoms with E-state index in [1.807, 2.05) is 62.4 Å². The summed E-state index contributed by atoms with van der Waals surface area (Å²) in [6.45, 7) is 4.37. The molecule has 3 aromatic carbocycles. The van der Waals surface area contributed by atoms with E-state index in [0.29, 0.717) is 29.4 Å². The van der Waals surface area contributed by atoms with E-state index >= 15 is 0 Å². The molecule has 35 heavy (non-hydrogen) atoms. The van der Waals surface area contributed by atoms with E-state index < -0.39 is 11.9 Å². The quantitative estimate of drug-likeness (QED) is 0.238. The van der Waals surface area contributed by atoms with Crippen LogP contribution < -0.4 is 15.5 Å². The van der Waals surface area contributed by atoms with Crippen LogP contribution >= 0.6 is 27.5 Å². The highest BCUT2D eigenvalue weighted by Gasteiger charge is 2.22. The highest BCUT2D eigenvalue weighted by Crippen LogP contribution is 2.19.